The van der Waals surface area contributed by atoms with Gasteiger partial charge in [0.15, 0.2) is 0 Å². The fourth-order valence-corrected chi connectivity index (χ4v) is 6.55. The van der Waals surface area contributed by atoms with Crippen LogP contribution < -0.4 is 14.5 Å². The minimum Gasteiger partial charge on any atom is -0.342 e. The smallest absolute Gasteiger partial charge is 0.269 e. The normalized spacial score (nSPS) is 14.6. The minimum absolute atomic E-state index is 0.0486. The Morgan fingerprint density at radius 1 is 0.800 bits per heavy atom. The molecule has 0 unspecified atom stereocenters. The molecule has 1 heterocycles. The summed E-state index contributed by atoms with van der Waals surface area (Å²) in [6.45, 7) is 4.24. The Morgan fingerprint density at radius 3 is 2.04 bits per heavy atom. The fraction of sp³-hybridized carbons (Fsp3) is 0.114. The van der Waals surface area contributed by atoms with E-state index in [1.807, 2.05) is 85.5 Å². The molecule has 1 N–H and O–H groups in total. The standard InChI is InChI=1S/C35H30N4O5S/c1-24-8-14-28(15-9-24)36-45(43,44)31-20-21-33-32(22-31)35(40)38(29-16-10-25(2)11-17-29)34(27-12-18-30(19-13-27)39(41)42)37(33)23-26-6-4-3-5-7-26/h3-22,34,36H,23H2,1-2H3/t34-/m1/s1. The fourth-order valence-electron chi connectivity index (χ4n) is 5.46. The first-order valence-electron chi connectivity index (χ1n) is 14.3. The second-order valence-electron chi connectivity index (χ2n) is 11.0. The molecule has 0 aliphatic carbocycles. The van der Waals surface area contributed by atoms with E-state index < -0.39 is 27.0 Å². The highest BCUT2D eigenvalue weighted by atomic mass is 32.2. The molecule has 9 nitrogen and oxygen atoms in total. The van der Waals surface area contributed by atoms with Crippen LogP contribution in [0.15, 0.2) is 126 Å². The highest BCUT2D eigenvalue weighted by Gasteiger charge is 2.40. The van der Waals surface area contributed by atoms with Crippen LogP contribution in [0.25, 0.3) is 0 Å². The number of carbonyl (C=O) groups is 1. The molecule has 1 aliphatic heterocycles. The number of nitrogens with zero attached hydrogens (tertiary/aromatic N) is 3. The van der Waals surface area contributed by atoms with Crippen molar-refractivity contribution in [3.05, 3.63) is 159 Å². The van der Waals surface area contributed by atoms with Crippen LogP contribution in [-0.2, 0) is 16.6 Å². The second kappa shape index (κ2) is 11.9. The van der Waals surface area contributed by atoms with E-state index in [0.717, 1.165) is 16.7 Å². The molecule has 45 heavy (non-hydrogen) atoms. The highest BCUT2D eigenvalue weighted by Crippen LogP contribution is 2.43. The lowest BCUT2D eigenvalue weighted by Gasteiger charge is -2.46. The van der Waals surface area contributed by atoms with Gasteiger partial charge in [0.25, 0.3) is 21.6 Å². The number of nitro benzene ring substituents is 1. The Hall–Kier alpha value is -5.48. The van der Waals surface area contributed by atoms with E-state index in [-0.39, 0.29) is 16.1 Å². The molecule has 1 aliphatic rings. The summed E-state index contributed by atoms with van der Waals surface area (Å²) in [6, 6.07) is 35.0. The van der Waals surface area contributed by atoms with Crippen LogP contribution in [0.2, 0.25) is 0 Å². The SMILES string of the molecule is Cc1ccc(NS(=O)(=O)c2ccc3c(c2)C(=O)N(c2ccc(C)cc2)[C@H](c2ccc([N+](=O)[O-])cc2)N3Cc2ccccc2)cc1. The second-order valence-corrected chi connectivity index (χ2v) is 12.7. The average molecular weight is 619 g/mol. The third kappa shape index (κ3) is 6.00. The van der Waals surface area contributed by atoms with E-state index in [1.165, 1.54) is 24.3 Å². The van der Waals surface area contributed by atoms with Crippen LogP contribution in [0.4, 0.5) is 22.7 Å². The number of sulfonamides is 1. The summed E-state index contributed by atoms with van der Waals surface area (Å²) in [4.78, 5) is 29.1. The van der Waals surface area contributed by atoms with Gasteiger partial charge in [-0.15, -0.1) is 0 Å². The van der Waals surface area contributed by atoms with E-state index in [9.17, 15) is 23.3 Å². The van der Waals surface area contributed by atoms with Gasteiger partial charge >= 0.3 is 0 Å². The molecule has 1 amide bonds. The van der Waals surface area contributed by atoms with Crippen LogP contribution in [0.3, 0.4) is 0 Å². The summed E-state index contributed by atoms with van der Waals surface area (Å²) < 4.78 is 29.6. The van der Waals surface area contributed by atoms with Crippen molar-refractivity contribution in [2.24, 2.45) is 0 Å². The first-order chi connectivity index (χ1) is 21.6. The summed E-state index contributed by atoms with van der Waals surface area (Å²) in [7, 11) is -4.03. The molecule has 6 rings (SSSR count). The van der Waals surface area contributed by atoms with Gasteiger partial charge in [-0.1, -0.05) is 65.7 Å². The van der Waals surface area contributed by atoms with Gasteiger partial charge in [0.05, 0.1) is 21.1 Å². The Balaban J connectivity index is 1.52. The Morgan fingerprint density at radius 2 is 1.42 bits per heavy atom. The van der Waals surface area contributed by atoms with Crippen LogP contribution in [0.5, 0.6) is 0 Å². The molecule has 0 spiro atoms. The van der Waals surface area contributed by atoms with Gasteiger partial charge in [-0.2, -0.15) is 0 Å². The number of aryl methyl sites for hydroxylation is 2. The molecule has 226 valence electrons. The van der Waals surface area contributed by atoms with E-state index in [1.54, 1.807) is 35.2 Å². The molecule has 0 radical (unpaired) electrons. The maximum atomic E-state index is 14.5. The van der Waals surface area contributed by atoms with Gasteiger partial charge in [0.2, 0.25) is 0 Å². The number of nitro groups is 1. The third-order valence-corrected chi connectivity index (χ3v) is 9.17. The van der Waals surface area contributed by atoms with Crippen LogP contribution in [0.1, 0.15) is 38.8 Å². The lowest BCUT2D eigenvalue weighted by Crippen LogP contribution is -2.49. The monoisotopic (exact) mass is 618 g/mol. The molecule has 0 aromatic heterocycles. The minimum atomic E-state index is -4.03. The Bertz CT molecular complexity index is 1980. The maximum absolute atomic E-state index is 14.5. The van der Waals surface area contributed by atoms with Crippen LogP contribution >= 0.6 is 0 Å². The van der Waals surface area contributed by atoms with E-state index in [0.29, 0.717) is 29.2 Å². The number of benzene rings is 5. The van der Waals surface area contributed by atoms with Gasteiger partial charge in [-0.25, -0.2) is 8.42 Å². The van der Waals surface area contributed by atoms with Crippen molar-refractivity contribution >= 4 is 38.7 Å². The number of hydrogen-bond acceptors (Lipinski definition) is 6. The maximum Gasteiger partial charge on any atom is 0.269 e. The molecule has 10 heteroatoms. The van der Waals surface area contributed by atoms with E-state index in [2.05, 4.69) is 4.72 Å². The summed E-state index contributed by atoms with van der Waals surface area (Å²) in [5.41, 5.74) is 5.34. The number of amides is 1. The van der Waals surface area contributed by atoms with Gasteiger partial charge in [-0.3, -0.25) is 24.5 Å². The van der Waals surface area contributed by atoms with Crippen molar-refractivity contribution in [3.8, 4) is 0 Å². The zero-order chi connectivity index (χ0) is 31.7. The van der Waals surface area contributed by atoms with Gasteiger partial charge in [0.1, 0.15) is 6.17 Å². The van der Waals surface area contributed by atoms with Crippen molar-refractivity contribution in [2.45, 2.75) is 31.5 Å². The number of non-ortho nitro benzene ring substituents is 1. The molecule has 0 saturated heterocycles. The number of rotatable bonds is 8. The molecule has 0 bridgehead atoms. The number of anilines is 3. The summed E-state index contributed by atoms with van der Waals surface area (Å²) in [6.07, 6.45) is -0.693. The predicted molar refractivity (Wildman–Crippen MR) is 175 cm³/mol. The van der Waals surface area contributed by atoms with Gasteiger partial charge < -0.3 is 4.90 Å². The topological polar surface area (TPSA) is 113 Å². The lowest BCUT2D eigenvalue weighted by atomic mass is 9.98. The van der Waals surface area contributed by atoms with Gasteiger partial charge in [-0.05, 0) is 79.6 Å². The lowest BCUT2D eigenvalue weighted by molar-refractivity contribution is -0.384. The summed E-state index contributed by atoms with van der Waals surface area (Å²) in [5, 5.41) is 11.4. The highest BCUT2D eigenvalue weighted by molar-refractivity contribution is 7.92. The van der Waals surface area contributed by atoms with E-state index >= 15 is 0 Å². The number of carbonyl (C=O) groups excluding carboxylic acids is 1. The largest absolute Gasteiger partial charge is 0.342 e. The molecule has 0 fully saturated rings. The number of nitrogens with one attached hydrogen (secondary N) is 1. The molecular formula is C35H30N4O5S. The Labute approximate surface area is 261 Å². The number of hydrogen-bond donors (Lipinski definition) is 1. The van der Waals surface area contributed by atoms with Crippen LogP contribution in [-0.4, -0.2) is 19.2 Å². The zero-order valence-electron chi connectivity index (χ0n) is 24.6. The Kier molecular flexibility index (Phi) is 7.82. The van der Waals surface area contributed by atoms with Crippen LogP contribution in [0, 0.1) is 24.0 Å². The van der Waals surface area contributed by atoms with E-state index in [4.69, 9.17) is 0 Å². The molecule has 1 atom stereocenters. The zero-order valence-corrected chi connectivity index (χ0v) is 25.4. The molecule has 0 saturated carbocycles. The van der Waals surface area contributed by atoms with Gasteiger partial charge in [0, 0.05) is 30.1 Å². The average Bonchev–Trinajstić information content (AvgIpc) is 3.04. The van der Waals surface area contributed by atoms with Crippen molar-refractivity contribution < 1.29 is 18.1 Å². The molecule has 5 aromatic carbocycles. The summed E-state index contributed by atoms with van der Waals surface area (Å²) >= 11 is 0. The summed E-state index contributed by atoms with van der Waals surface area (Å²) in [5.74, 6) is -0.395. The van der Waals surface area contributed by atoms with Crippen molar-refractivity contribution in [2.75, 3.05) is 14.5 Å². The molecular weight excluding hydrogens is 588 g/mol. The molecule has 5 aromatic rings. The third-order valence-electron chi connectivity index (χ3n) is 7.79. The van der Waals surface area contributed by atoms with Crippen molar-refractivity contribution in [1.29, 1.82) is 0 Å². The quantitative estimate of drug-likeness (QED) is 0.143. The van der Waals surface area contributed by atoms with Crippen molar-refractivity contribution in [3.63, 3.8) is 0 Å². The predicted octanol–water partition coefficient (Wildman–Crippen LogP) is 7.38. The first kappa shape index (κ1) is 29.6. The first-order valence-corrected chi connectivity index (χ1v) is 15.8. The number of fused-ring (bicyclic) bond motifs is 1. The van der Waals surface area contributed by atoms with Crippen molar-refractivity contribution in [1.82, 2.24) is 0 Å².